The van der Waals surface area contributed by atoms with Crippen LogP contribution in [0.4, 0.5) is 4.39 Å². The Balaban J connectivity index is 1.90. The fraction of sp³-hybridized carbons (Fsp3) is 0.0526. The standard InChI is InChI=1S/C19H14FNO4S/c20-14-3-1-2-13(8-14)17-10-19-18(24-11-25-19)9-16(17)12-4-6-15(7-5-12)26(21,22)23/h1-10H,11H2,(H2,21,22,23). The van der Waals surface area contributed by atoms with Crippen molar-refractivity contribution >= 4 is 10.0 Å². The summed E-state index contributed by atoms with van der Waals surface area (Å²) >= 11 is 0. The van der Waals surface area contributed by atoms with Crippen LogP contribution in [-0.2, 0) is 10.0 Å². The molecule has 0 aromatic heterocycles. The summed E-state index contributed by atoms with van der Waals surface area (Å²) < 4.78 is 47.5. The Morgan fingerprint density at radius 1 is 0.846 bits per heavy atom. The molecule has 3 aromatic carbocycles. The Kier molecular flexibility index (Phi) is 3.90. The van der Waals surface area contributed by atoms with Crippen LogP contribution in [0.25, 0.3) is 22.3 Å². The zero-order valence-corrected chi connectivity index (χ0v) is 14.3. The van der Waals surface area contributed by atoms with E-state index in [2.05, 4.69) is 0 Å². The molecular formula is C19H14FNO4S. The van der Waals surface area contributed by atoms with Gasteiger partial charge in [0.25, 0.3) is 0 Å². The number of sulfonamides is 1. The number of benzene rings is 3. The maximum Gasteiger partial charge on any atom is 0.238 e. The van der Waals surface area contributed by atoms with Crippen LogP contribution in [-0.4, -0.2) is 15.2 Å². The summed E-state index contributed by atoms with van der Waals surface area (Å²) in [5.41, 5.74) is 2.93. The Bertz CT molecular complexity index is 1100. The van der Waals surface area contributed by atoms with Crippen LogP contribution in [0.5, 0.6) is 11.5 Å². The summed E-state index contributed by atoms with van der Waals surface area (Å²) in [6, 6.07) is 16.0. The molecule has 132 valence electrons. The second kappa shape index (κ2) is 6.12. The van der Waals surface area contributed by atoms with Crippen molar-refractivity contribution in [1.82, 2.24) is 0 Å². The quantitative estimate of drug-likeness (QED) is 0.764. The zero-order chi connectivity index (χ0) is 18.3. The van der Waals surface area contributed by atoms with Gasteiger partial charge in [-0.05, 0) is 58.7 Å². The predicted octanol–water partition coefficient (Wildman–Crippen LogP) is 3.54. The van der Waals surface area contributed by atoms with E-state index in [1.165, 1.54) is 24.3 Å². The maximum atomic E-state index is 13.7. The van der Waals surface area contributed by atoms with Crippen molar-refractivity contribution < 1.29 is 22.3 Å². The average Bonchev–Trinajstić information content (AvgIpc) is 3.07. The van der Waals surface area contributed by atoms with Gasteiger partial charge in [0.2, 0.25) is 16.8 Å². The minimum atomic E-state index is -3.77. The normalized spacial score (nSPS) is 13.0. The van der Waals surface area contributed by atoms with Crippen molar-refractivity contribution in [3.63, 3.8) is 0 Å². The van der Waals surface area contributed by atoms with Gasteiger partial charge in [0.1, 0.15) is 5.82 Å². The van der Waals surface area contributed by atoms with Gasteiger partial charge in [0.05, 0.1) is 4.90 Å². The van der Waals surface area contributed by atoms with Crippen LogP contribution >= 0.6 is 0 Å². The summed E-state index contributed by atoms with van der Waals surface area (Å²) in [5, 5.41) is 5.15. The van der Waals surface area contributed by atoms with E-state index in [0.717, 1.165) is 16.7 Å². The summed E-state index contributed by atoms with van der Waals surface area (Å²) in [4.78, 5) is 0.0225. The number of ether oxygens (including phenoxy) is 2. The number of nitrogens with two attached hydrogens (primary N) is 1. The highest BCUT2D eigenvalue weighted by Crippen LogP contribution is 2.43. The van der Waals surface area contributed by atoms with Crippen molar-refractivity contribution in [2.75, 3.05) is 6.79 Å². The van der Waals surface area contributed by atoms with Gasteiger partial charge in [0.15, 0.2) is 11.5 Å². The molecule has 0 atom stereocenters. The van der Waals surface area contributed by atoms with Gasteiger partial charge >= 0.3 is 0 Å². The third-order valence-corrected chi connectivity index (χ3v) is 5.07. The Morgan fingerprint density at radius 2 is 1.46 bits per heavy atom. The third kappa shape index (κ3) is 3.02. The average molecular weight is 371 g/mol. The van der Waals surface area contributed by atoms with E-state index < -0.39 is 10.0 Å². The number of hydrogen-bond donors (Lipinski definition) is 1. The van der Waals surface area contributed by atoms with Gasteiger partial charge in [-0.1, -0.05) is 24.3 Å². The summed E-state index contributed by atoms with van der Waals surface area (Å²) in [6.07, 6.45) is 0. The molecule has 3 aromatic rings. The van der Waals surface area contributed by atoms with Crippen LogP contribution in [0.15, 0.2) is 65.6 Å². The van der Waals surface area contributed by atoms with Crippen LogP contribution in [0, 0.1) is 5.82 Å². The molecule has 0 fully saturated rings. The van der Waals surface area contributed by atoms with E-state index >= 15 is 0 Å². The first-order valence-electron chi connectivity index (χ1n) is 7.75. The number of halogens is 1. The van der Waals surface area contributed by atoms with E-state index in [9.17, 15) is 12.8 Å². The molecule has 7 heteroatoms. The summed E-state index contributed by atoms with van der Waals surface area (Å²) in [6.45, 7) is 0.117. The molecule has 0 amide bonds. The first kappa shape index (κ1) is 16.6. The molecule has 0 radical (unpaired) electrons. The lowest BCUT2D eigenvalue weighted by Gasteiger charge is -2.12. The first-order chi connectivity index (χ1) is 12.4. The van der Waals surface area contributed by atoms with Crippen molar-refractivity contribution in [3.8, 4) is 33.8 Å². The summed E-state index contributed by atoms with van der Waals surface area (Å²) in [7, 11) is -3.77. The molecule has 5 nitrogen and oxygen atoms in total. The molecule has 2 N–H and O–H groups in total. The maximum absolute atomic E-state index is 13.7. The van der Waals surface area contributed by atoms with E-state index in [4.69, 9.17) is 14.6 Å². The van der Waals surface area contributed by atoms with Crippen molar-refractivity contribution in [1.29, 1.82) is 0 Å². The Hall–Kier alpha value is -2.90. The molecular weight excluding hydrogens is 357 g/mol. The lowest BCUT2D eigenvalue weighted by molar-refractivity contribution is 0.174. The van der Waals surface area contributed by atoms with Crippen molar-refractivity contribution in [2.45, 2.75) is 4.90 Å². The second-order valence-electron chi connectivity index (χ2n) is 5.83. The topological polar surface area (TPSA) is 78.6 Å². The largest absolute Gasteiger partial charge is 0.454 e. The first-order valence-corrected chi connectivity index (χ1v) is 9.29. The van der Waals surface area contributed by atoms with Gasteiger partial charge in [-0.2, -0.15) is 0 Å². The van der Waals surface area contributed by atoms with Crippen LogP contribution in [0.2, 0.25) is 0 Å². The SMILES string of the molecule is NS(=O)(=O)c1ccc(-c2cc3c(cc2-c2cccc(F)c2)OCO3)cc1. The summed E-state index contributed by atoms with van der Waals surface area (Å²) in [5.74, 6) is 0.806. The van der Waals surface area contributed by atoms with Crippen molar-refractivity contribution in [3.05, 3.63) is 66.5 Å². The van der Waals surface area contributed by atoms with Crippen LogP contribution in [0.3, 0.4) is 0 Å². The van der Waals surface area contributed by atoms with E-state index in [-0.39, 0.29) is 17.5 Å². The van der Waals surface area contributed by atoms with E-state index in [1.54, 1.807) is 36.4 Å². The minimum absolute atomic E-state index is 0.0225. The predicted molar refractivity (Wildman–Crippen MR) is 94.8 cm³/mol. The highest BCUT2D eigenvalue weighted by molar-refractivity contribution is 7.89. The Labute approximate surface area is 149 Å². The molecule has 1 heterocycles. The van der Waals surface area contributed by atoms with Gasteiger partial charge in [0, 0.05) is 0 Å². The molecule has 0 saturated carbocycles. The fourth-order valence-corrected chi connectivity index (χ4v) is 3.42. The number of rotatable bonds is 3. The molecule has 4 rings (SSSR count). The molecule has 1 aliphatic heterocycles. The number of hydrogen-bond acceptors (Lipinski definition) is 4. The smallest absolute Gasteiger partial charge is 0.238 e. The van der Waals surface area contributed by atoms with E-state index in [1.807, 2.05) is 0 Å². The lowest BCUT2D eigenvalue weighted by Crippen LogP contribution is -2.11. The van der Waals surface area contributed by atoms with Gasteiger partial charge in [-0.15, -0.1) is 0 Å². The second-order valence-corrected chi connectivity index (χ2v) is 7.39. The van der Waals surface area contributed by atoms with Gasteiger partial charge in [-0.3, -0.25) is 0 Å². The van der Waals surface area contributed by atoms with Crippen LogP contribution in [0.1, 0.15) is 0 Å². The molecule has 26 heavy (non-hydrogen) atoms. The lowest BCUT2D eigenvalue weighted by atomic mass is 9.94. The third-order valence-electron chi connectivity index (χ3n) is 4.14. The Morgan fingerprint density at radius 3 is 2.04 bits per heavy atom. The molecule has 0 bridgehead atoms. The van der Waals surface area contributed by atoms with Crippen LogP contribution < -0.4 is 14.6 Å². The number of fused-ring (bicyclic) bond motifs is 1. The molecule has 1 aliphatic rings. The molecule has 0 aliphatic carbocycles. The number of primary sulfonamides is 1. The van der Waals surface area contributed by atoms with Crippen molar-refractivity contribution in [2.24, 2.45) is 5.14 Å². The van der Waals surface area contributed by atoms with Gasteiger partial charge < -0.3 is 9.47 Å². The molecule has 0 spiro atoms. The fourth-order valence-electron chi connectivity index (χ4n) is 2.90. The molecule has 0 unspecified atom stereocenters. The van der Waals surface area contributed by atoms with Gasteiger partial charge in [-0.25, -0.2) is 17.9 Å². The minimum Gasteiger partial charge on any atom is -0.454 e. The highest BCUT2D eigenvalue weighted by atomic mass is 32.2. The highest BCUT2D eigenvalue weighted by Gasteiger charge is 2.19. The molecule has 0 saturated heterocycles. The zero-order valence-electron chi connectivity index (χ0n) is 13.5. The monoisotopic (exact) mass is 371 g/mol. The van der Waals surface area contributed by atoms with E-state index in [0.29, 0.717) is 17.1 Å².